The highest BCUT2D eigenvalue weighted by molar-refractivity contribution is 6.30. The predicted molar refractivity (Wildman–Crippen MR) is 110 cm³/mol. The quantitative estimate of drug-likeness (QED) is 0.603. The first kappa shape index (κ1) is 22.2. The summed E-state index contributed by atoms with van der Waals surface area (Å²) < 4.78 is 5.42. The Morgan fingerprint density at radius 1 is 0.966 bits per heavy atom. The maximum absolute atomic E-state index is 12.2. The Morgan fingerprint density at radius 3 is 2.24 bits per heavy atom. The lowest BCUT2D eigenvalue weighted by molar-refractivity contribution is -0.130. The Labute approximate surface area is 174 Å². The number of nitrogens with one attached hydrogen (secondary N) is 3. The minimum Gasteiger partial charge on any atom is -0.484 e. The van der Waals surface area contributed by atoms with E-state index in [9.17, 15) is 14.4 Å². The molecular formula is C21H24ClN3O4. The molecule has 2 rings (SSSR count). The molecule has 2 aromatic rings. The van der Waals surface area contributed by atoms with E-state index in [1.165, 1.54) is 6.92 Å². The molecule has 0 aromatic heterocycles. The number of amides is 3. The van der Waals surface area contributed by atoms with Gasteiger partial charge in [-0.25, -0.2) is 0 Å². The van der Waals surface area contributed by atoms with E-state index >= 15 is 0 Å². The summed E-state index contributed by atoms with van der Waals surface area (Å²) in [6.45, 7) is 5.07. The monoisotopic (exact) mass is 417 g/mol. The van der Waals surface area contributed by atoms with Gasteiger partial charge in [0.2, 0.25) is 11.8 Å². The SMILES string of the molecule is CC(=O)N[C@H](CC(=O)NNC(=O)COc1ccc(C)c(C)c1)c1ccc(Cl)cc1. The molecule has 1 atom stereocenters. The lowest BCUT2D eigenvalue weighted by Gasteiger charge is -2.18. The minimum atomic E-state index is -0.548. The fraction of sp³-hybridized carbons (Fsp3) is 0.286. The van der Waals surface area contributed by atoms with Gasteiger partial charge in [-0.15, -0.1) is 0 Å². The molecule has 0 aliphatic carbocycles. The number of carbonyl (C=O) groups is 3. The van der Waals surface area contributed by atoms with Gasteiger partial charge in [0.1, 0.15) is 5.75 Å². The van der Waals surface area contributed by atoms with Crippen molar-refractivity contribution in [1.82, 2.24) is 16.2 Å². The first-order valence-electron chi connectivity index (χ1n) is 9.05. The number of hydrazine groups is 1. The Balaban J connectivity index is 1.84. The summed E-state index contributed by atoms with van der Waals surface area (Å²) in [4.78, 5) is 35.6. The minimum absolute atomic E-state index is 0.0560. The van der Waals surface area contributed by atoms with Crippen molar-refractivity contribution in [2.24, 2.45) is 0 Å². The number of hydrogen-bond donors (Lipinski definition) is 3. The zero-order valence-corrected chi connectivity index (χ0v) is 17.3. The number of aryl methyl sites for hydroxylation is 2. The Kier molecular flexibility index (Phi) is 8.03. The van der Waals surface area contributed by atoms with Gasteiger partial charge in [-0.3, -0.25) is 25.2 Å². The highest BCUT2D eigenvalue weighted by Gasteiger charge is 2.17. The molecule has 8 heteroatoms. The Hall–Kier alpha value is -3.06. The van der Waals surface area contributed by atoms with Crippen LogP contribution in [0.25, 0.3) is 0 Å². The standard InChI is InChI=1S/C21H24ClN3O4/c1-13-4-9-18(10-14(13)2)29-12-21(28)25-24-20(27)11-19(23-15(3)26)16-5-7-17(22)8-6-16/h4-10,19H,11-12H2,1-3H3,(H,23,26)(H,24,27)(H,25,28)/t19-/m1/s1. The summed E-state index contributed by atoms with van der Waals surface area (Å²) in [6.07, 6.45) is -0.0560. The summed E-state index contributed by atoms with van der Waals surface area (Å²) >= 11 is 5.88. The lowest BCUT2D eigenvalue weighted by Crippen LogP contribution is -2.45. The molecule has 0 unspecified atom stereocenters. The van der Waals surface area contributed by atoms with Gasteiger partial charge in [0.05, 0.1) is 12.5 Å². The number of ether oxygens (including phenoxy) is 1. The van der Waals surface area contributed by atoms with Crippen LogP contribution in [0.5, 0.6) is 5.75 Å². The predicted octanol–water partition coefficient (Wildman–Crippen LogP) is 2.75. The number of carbonyl (C=O) groups excluding carboxylic acids is 3. The smallest absolute Gasteiger partial charge is 0.276 e. The molecule has 0 aliphatic heterocycles. The van der Waals surface area contributed by atoms with Crippen molar-refractivity contribution < 1.29 is 19.1 Å². The molecule has 3 amide bonds. The summed E-state index contributed by atoms with van der Waals surface area (Å²) in [5, 5.41) is 3.26. The van der Waals surface area contributed by atoms with Crippen LogP contribution in [-0.2, 0) is 14.4 Å². The van der Waals surface area contributed by atoms with E-state index in [0.717, 1.165) is 16.7 Å². The third kappa shape index (κ3) is 7.46. The second-order valence-corrected chi connectivity index (χ2v) is 7.08. The zero-order valence-electron chi connectivity index (χ0n) is 16.5. The van der Waals surface area contributed by atoms with Gasteiger partial charge in [0, 0.05) is 11.9 Å². The molecule has 2 aromatic carbocycles. The van der Waals surface area contributed by atoms with E-state index < -0.39 is 17.9 Å². The molecule has 7 nitrogen and oxygen atoms in total. The average Bonchev–Trinajstić information content (AvgIpc) is 2.67. The van der Waals surface area contributed by atoms with E-state index in [2.05, 4.69) is 16.2 Å². The van der Waals surface area contributed by atoms with Crippen LogP contribution in [0.4, 0.5) is 0 Å². The van der Waals surface area contributed by atoms with Crippen molar-refractivity contribution in [3.63, 3.8) is 0 Å². The molecular weight excluding hydrogens is 394 g/mol. The first-order chi connectivity index (χ1) is 13.7. The third-order valence-corrected chi connectivity index (χ3v) is 4.48. The van der Waals surface area contributed by atoms with Gasteiger partial charge in [-0.05, 0) is 54.8 Å². The van der Waals surface area contributed by atoms with Gasteiger partial charge in [-0.2, -0.15) is 0 Å². The molecule has 154 valence electrons. The van der Waals surface area contributed by atoms with Crippen LogP contribution in [-0.4, -0.2) is 24.3 Å². The van der Waals surface area contributed by atoms with Crippen LogP contribution >= 0.6 is 11.6 Å². The van der Waals surface area contributed by atoms with Gasteiger partial charge in [0.15, 0.2) is 6.61 Å². The van der Waals surface area contributed by atoms with E-state index in [1.807, 2.05) is 26.0 Å². The molecule has 0 spiro atoms. The molecule has 3 N–H and O–H groups in total. The summed E-state index contributed by atoms with van der Waals surface area (Å²) in [7, 11) is 0. The van der Waals surface area contributed by atoms with Crippen molar-refractivity contribution in [1.29, 1.82) is 0 Å². The van der Waals surface area contributed by atoms with E-state index in [1.54, 1.807) is 30.3 Å². The first-order valence-corrected chi connectivity index (χ1v) is 9.42. The van der Waals surface area contributed by atoms with Gasteiger partial charge < -0.3 is 10.1 Å². The highest BCUT2D eigenvalue weighted by atomic mass is 35.5. The average molecular weight is 418 g/mol. The van der Waals surface area contributed by atoms with Crippen molar-refractivity contribution in [2.75, 3.05) is 6.61 Å². The largest absolute Gasteiger partial charge is 0.484 e. The fourth-order valence-electron chi connectivity index (χ4n) is 2.56. The van der Waals surface area contributed by atoms with Crippen LogP contribution in [0, 0.1) is 13.8 Å². The zero-order chi connectivity index (χ0) is 21.4. The normalized spacial score (nSPS) is 11.3. The maximum atomic E-state index is 12.2. The topological polar surface area (TPSA) is 96.5 Å². The third-order valence-electron chi connectivity index (χ3n) is 4.23. The number of benzene rings is 2. The molecule has 0 radical (unpaired) electrons. The second kappa shape index (κ2) is 10.5. The van der Waals surface area contributed by atoms with Crippen molar-refractivity contribution in [3.05, 3.63) is 64.2 Å². The molecule has 0 fully saturated rings. The fourth-order valence-corrected chi connectivity index (χ4v) is 2.68. The van der Waals surface area contributed by atoms with Gasteiger partial charge in [-0.1, -0.05) is 29.8 Å². The molecule has 29 heavy (non-hydrogen) atoms. The number of rotatable bonds is 7. The summed E-state index contributed by atoms with van der Waals surface area (Å²) in [6, 6.07) is 11.8. The van der Waals surface area contributed by atoms with Crippen molar-refractivity contribution >= 4 is 29.3 Å². The highest BCUT2D eigenvalue weighted by Crippen LogP contribution is 2.19. The van der Waals surface area contributed by atoms with Crippen molar-refractivity contribution in [3.8, 4) is 5.75 Å². The van der Waals surface area contributed by atoms with Gasteiger partial charge in [0.25, 0.3) is 5.91 Å². The van der Waals surface area contributed by atoms with Crippen LogP contribution in [0.1, 0.15) is 36.1 Å². The van der Waals surface area contributed by atoms with E-state index in [0.29, 0.717) is 10.8 Å². The lowest BCUT2D eigenvalue weighted by atomic mass is 10.0. The Bertz CT molecular complexity index is 884. The molecule has 0 aliphatic rings. The summed E-state index contributed by atoms with van der Waals surface area (Å²) in [5.41, 5.74) is 7.54. The maximum Gasteiger partial charge on any atom is 0.276 e. The number of halogens is 1. The van der Waals surface area contributed by atoms with Crippen molar-refractivity contribution in [2.45, 2.75) is 33.2 Å². The van der Waals surface area contributed by atoms with Crippen LogP contribution in [0.2, 0.25) is 5.02 Å². The van der Waals surface area contributed by atoms with Gasteiger partial charge >= 0.3 is 0 Å². The van der Waals surface area contributed by atoms with Crippen LogP contribution in [0.3, 0.4) is 0 Å². The number of hydrogen-bond acceptors (Lipinski definition) is 4. The Morgan fingerprint density at radius 2 is 1.62 bits per heavy atom. The molecule has 0 saturated heterocycles. The second-order valence-electron chi connectivity index (χ2n) is 6.64. The molecule has 0 bridgehead atoms. The summed E-state index contributed by atoms with van der Waals surface area (Å²) in [5.74, 6) is -0.663. The molecule has 0 saturated carbocycles. The van der Waals surface area contributed by atoms with E-state index in [-0.39, 0.29) is 18.9 Å². The molecule has 0 heterocycles. The van der Waals surface area contributed by atoms with E-state index in [4.69, 9.17) is 16.3 Å². The van der Waals surface area contributed by atoms with Crippen LogP contribution in [0.15, 0.2) is 42.5 Å². The van der Waals surface area contributed by atoms with Crippen LogP contribution < -0.4 is 20.9 Å².